The minimum absolute atomic E-state index is 0.208. The molecule has 0 radical (unpaired) electrons. The van der Waals surface area contributed by atoms with Crippen LogP contribution in [-0.2, 0) is 11.4 Å². The number of hydrogen-bond donors (Lipinski definition) is 0. The van der Waals surface area contributed by atoms with Gasteiger partial charge in [-0.25, -0.2) is 14.2 Å². The molecule has 39 heavy (non-hydrogen) atoms. The average Bonchev–Trinajstić information content (AvgIpc) is 3.65. The number of halogens is 1. The first-order chi connectivity index (χ1) is 18.8. The van der Waals surface area contributed by atoms with Crippen LogP contribution in [0.2, 0.25) is 0 Å². The van der Waals surface area contributed by atoms with E-state index in [0.717, 1.165) is 24.2 Å². The van der Waals surface area contributed by atoms with E-state index in [2.05, 4.69) is 10.1 Å². The van der Waals surface area contributed by atoms with Gasteiger partial charge >= 0.3 is 5.69 Å². The largest absolute Gasteiger partial charge is 0.495 e. The normalized spacial score (nSPS) is 14.3. The zero-order valence-corrected chi connectivity index (χ0v) is 22.3. The Hall–Kier alpha value is -4.47. The summed E-state index contributed by atoms with van der Waals surface area (Å²) in [6, 6.07) is 10.6. The minimum Gasteiger partial charge on any atom is -0.495 e. The number of benzene rings is 2. The number of rotatable bonds is 9. The first-order valence-corrected chi connectivity index (χ1v) is 12.7. The van der Waals surface area contributed by atoms with E-state index in [-0.39, 0.29) is 11.3 Å². The maximum absolute atomic E-state index is 14.0. The molecular weight excluding hydrogens is 501 g/mol. The summed E-state index contributed by atoms with van der Waals surface area (Å²) < 4.78 is 23.9. The zero-order chi connectivity index (χ0) is 27.7. The summed E-state index contributed by atoms with van der Waals surface area (Å²) in [4.78, 5) is 37.0. The van der Waals surface area contributed by atoms with Gasteiger partial charge in [-0.15, -0.1) is 0 Å². The highest BCUT2D eigenvalue weighted by atomic mass is 19.1. The Labute approximate surface area is 224 Å². The van der Waals surface area contributed by atoms with E-state index >= 15 is 0 Å². The Bertz CT molecular complexity index is 1650. The maximum atomic E-state index is 14.0. The molecule has 0 bridgehead atoms. The summed E-state index contributed by atoms with van der Waals surface area (Å²) in [5.74, 6) is 0.527. The Balaban J connectivity index is 1.67. The van der Waals surface area contributed by atoms with E-state index in [0.29, 0.717) is 29.3 Å². The van der Waals surface area contributed by atoms with Crippen LogP contribution in [0.3, 0.4) is 0 Å². The number of imidazole rings is 1. The van der Waals surface area contributed by atoms with E-state index in [1.54, 1.807) is 49.3 Å². The Morgan fingerprint density at radius 1 is 1.13 bits per heavy atom. The lowest BCUT2D eigenvalue weighted by molar-refractivity contribution is 0.214. The fourth-order valence-corrected chi connectivity index (χ4v) is 4.66. The predicted octanol–water partition coefficient (Wildman–Crippen LogP) is 4.07. The van der Waals surface area contributed by atoms with Gasteiger partial charge in [0.2, 0.25) is 0 Å². The fourth-order valence-electron chi connectivity index (χ4n) is 4.66. The molecule has 4 aromatic rings. The molecule has 2 aromatic carbocycles. The second-order valence-corrected chi connectivity index (χ2v) is 9.76. The molecule has 202 valence electrons. The van der Waals surface area contributed by atoms with Gasteiger partial charge in [0.25, 0.3) is 5.56 Å². The highest BCUT2D eigenvalue weighted by Crippen LogP contribution is 2.30. The predicted molar refractivity (Wildman–Crippen MR) is 145 cm³/mol. The van der Waals surface area contributed by atoms with Crippen molar-refractivity contribution in [2.24, 2.45) is 11.1 Å². The van der Waals surface area contributed by atoms with Gasteiger partial charge in [0.1, 0.15) is 24.4 Å². The Morgan fingerprint density at radius 3 is 2.49 bits per heavy atom. The minimum atomic E-state index is -0.638. The maximum Gasteiger partial charge on any atom is 0.331 e. The van der Waals surface area contributed by atoms with Crippen LogP contribution in [0.1, 0.15) is 48.2 Å². The summed E-state index contributed by atoms with van der Waals surface area (Å²) in [7, 11) is 2.96. The molecule has 1 unspecified atom stereocenters. The fraction of sp³-hybridized carbons (Fsp3) is 0.310. The third-order valence-electron chi connectivity index (χ3n) is 6.96. The molecule has 2 heterocycles. The summed E-state index contributed by atoms with van der Waals surface area (Å²) in [5, 5.41) is 4.22. The van der Waals surface area contributed by atoms with Crippen molar-refractivity contribution in [1.82, 2.24) is 18.7 Å². The van der Waals surface area contributed by atoms with Gasteiger partial charge < -0.3 is 14.1 Å². The average molecular weight is 532 g/mol. The lowest BCUT2D eigenvalue weighted by atomic mass is 10.0. The highest BCUT2D eigenvalue weighted by Gasteiger charge is 2.27. The van der Waals surface area contributed by atoms with E-state index < -0.39 is 23.1 Å². The topological polar surface area (TPSA) is 92.6 Å². The van der Waals surface area contributed by atoms with E-state index in [9.17, 15) is 14.0 Å². The van der Waals surface area contributed by atoms with Crippen LogP contribution < -0.4 is 16.0 Å². The van der Waals surface area contributed by atoms with Gasteiger partial charge in [0.15, 0.2) is 0 Å². The molecule has 1 atom stereocenters. The van der Waals surface area contributed by atoms with Gasteiger partial charge in [0, 0.05) is 24.5 Å². The number of methoxy groups -OCH3 is 1. The number of oxime groups is 1. The van der Waals surface area contributed by atoms with Crippen molar-refractivity contribution in [3.05, 3.63) is 110 Å². The monoisotopic (exact) mass is 531 g/mol. The Kier molecular flexibility index (Phi) is 7.19. The van der Waals surface area contributed by atoms with Crippen molar-refractivity contribution in [2.75, 3.05) is 14.2 Å². The van der Waals surface area contributed by atoms with Crippen LogP contribution in [-0.4, -0.2) is 38.6 Å². The van der Waals surface area contributed by atoms with E-state index in [1.165, 1.54) is 23.8 Å². The summed E-state index contributed by atoms with van der Waals surface area (Å²) in [5.41, 5.74) is 2.36. The lowest BCUT2D eigenvalue weighted by Gasteiger charge is -2.19. The van der Waals surface area contributed by atoms with Crippen molar-refractivity contribution < 1.29 is 14.0 Å². The van der Waals surface area contributed by atoms with Crippen molar-refractivity contribution in [2.45, 2.75) is 39.3 Å². The Morgan fingerprint density at radius 2 is 1.87 bits per heavy atom. The summed E-state index contributed by atoms with van der Waals surface area (Å²) >= 11 is 0. The van der Waals surface area contributed by atoms with Gasteiger partial charge in [-0.2, -0.15) is 0 Å². The van der Waals surface area contributed by atoms with Crippen molar-refractivity contribution in [3.63, 3.8) is 0 Å². The van der Waals surface area contributed by atoms with E-state index in [1.807, 2.05) is 29.8 Å². The van der Waals surface area contributed by atoms with Crippen LogP contribution in [0.25, 0.3) is 5.69 Å². The smallest absolute Gasteiger partial charge is 0.331 e. The van der Waals surface area contributed by atoms with Crippen molar-refractivity contribution >= 4 is 5.71 Å². The lowest BCUT2D eigenvalue weighted by Crippen LogP contribution is -2.44. The molecule has 1 aliphatic rings. The number of ether oxygens (including phenoxy) is 1. The molecule has 1 saturated carbocycles. The molecule has 1 fully saturated rings. The number of aryl methyl sites for hydroxylation is 1. The second-order valence-electron chi connectivity index (χ2n) is 9.76. The van der Waals surface area contributed by atoms with Crippen LogP contribution in [0, 0.1) is 18.7 Å². The number of aromatic nitrogens is 4. The SMILES string of the molecule is CO/N=C(/c1ccc(-n2cnc(C)c2)c(OC)c1)c1cn(CC2CC2)c(=O)n(C(C)c2ccc(F)cc2)c1=O. The molecule has 1 aliphatic carbocycles. The summed E-state index contributed by atoms with van der Waals surface area (Å²) in [6.07, 6.45) is 7.19. The molecule has 0 N–H and O–H groups in total. The molecule has 0 spiro atoms. The van der Waals surface area contributed by atoms with E-state index in [4.69, 9.17) is 9.57 Å². The van der Waals surface area contributed by atoms with Crippen LogP contribution in [0.4, 0.5) is 4.39 Å². The van der Waals surface area contributed by atoms with Crippen LogP contribution in [0.15, 0.2) is 75.9 Å². The van der Waals surface area contributed by atoms with Gasteiger partial charge in [0.05, 0.1) is 36.4 Å². The molecule has 2 aromatic heterocycles. The van der Waals surface area contributed by atoms with Crippen LogP contribution in [0.5, 0.6) is 5.75 Å². The standard InChI is InChI=1S/C29H30FN5O4/c1-18-14-34(17-31-18)25-12-9-22(13-26(25)38-3)27(32-39-4)24-16-33(15-20-5-6-20)29(37)35(28(24)36)19(2)21-7-10-23(30)11-8-21/h7-14,16-17,19-20H,5-6,15H2,1-4H3/b32-27-. The number of nitrogens with zero attached hydrogens (tertiary/aromatic N) is 5. The zero-order valence-electron chi connectivity index (χ0n) is 22.3. The quantitative estimate of drug-likeness (QED) is 0.240. The number of hydrogen-bond acceptors (Lipinski definition) is 6. The van der Waals surface area contributed by atoms with Gasteiger partial charge in [-0.05, 0) is 62.4 Å². The van der Waals surface area contributed by atoms with Gasteiger partial charge in [-0.1, -0.05) is 23.4 Å². The first-order valence-electron chi connectivity index (χ1n) is 12.7. The third-order valence-corrected chi connectivity index (χ3v) is 6.96. The molecule has 0 aliphatic heterocycles. The molecule has 0 amide bonds. The second kappa shape index (κ2) is 10.7. The molecule has 10 heteroatoms. The highest BCUT2D eigenvalue weighted by molar-refractivity contribution is 6.12. The first kappa shape index (κ1) is 26.1. The van der Waals surface area contributed by atoms with Crippen LogP contribution >= 0.6 is 0 Å². The summed E-state index contributed by atoms with van der Waals surface area (Å²) in [6.45, 7) is 4.14. The third kappa shape index (κ3) is 5.27. The van der Waals surface area contributed by atoms with Crippen molar-refractivity contribution in [3.8, 4) is 11.4 Å². The molecular formula is C29H30FN5O4. The molecule has 5 rings (SSSR count). The van der Waals surface area contributed by atoms with Gasteiger partial charge in [-0.3, -0.25) is 13.9 Å². The molecule has 0 saturated heterocycles. The van der Waals surface area contributed by atoms with Crippen molar-refractivity contribution in [1.29, 1.82) is 0 Å². The molecule has 9 nitrogen and oxygen atoms in total.